The second-order valence-corrected chi connectivity index (χ2v) is 7.37. The Morgan fingerprint density at radius 2 is 2.05 bits per heavy atom. The van der Waals surface area contributed by atoms with Crippen molar-refractivity contribution in [3.8, 4) is 0 Å². The van der Waals surface area contributed by atoms with Gasteiger partial charge in [0.15, 0.2) is 5.13 Å². The fourth-order valence-corrected chi connectivity index (χ4v) is 2.87. The molecule has 0 aliphatic rings. The summed E-state index contributed by atoms with van der Waals surface area (Å²) in [4.78, 5) is 7.28. The van der Waals surface area contributed by atoms with Crippen molar-refractivity contribution in [3.05, 3.63) is 11.1 Å². The molecule has 0 amide bonds. The monoisotopic (exact) mass is 297 g/mol. The summed E-state index contributed by atoms with van der Waals surface area (Å²) in [5.74, 6) is 0. The number of rotatable bonds is 8. The van der Waals surface area contributed by atoms with Crippen LogP contribution >= 0.6 is 11.3 Å². The topological polar surface area (TPSA) is 28.2 Å². The number of nitrogens with one attached hydrogen (secondary N) is 1. The van der Waals surface area contributed by atoms with Crippen molar-refractivity contribution in [1.29, 1.82) is 0 Å². The van der Waals surface area contributed by atoms with Crippen LogP contribution < -0.4 is 10.2 Å². The largest absolute Gasteiger partial charge is 0.345 e. The Morgan fingerprint density at radius 3 is 2.60 bits per heavy atom. The summed E-state index contributed by atoms with van der Waals surface area (Å²) in [7, 11) is 0. The van der Waals surface area contributed by atoms with Gasteiger partial charge >= 0.3 is 0 Å². The van der Waals surface area contributed by atoms with E-state index in [1.165, 1.54) is 24.4 Å². The van der Waals surface area contributed by atoms with Gasteiger partial charge in [-0.2, -0.15) is 0 Å². The van der Waals surface area contributed by atoms with Crippen LogP contribution in [0.25, 0.3) is 0 Å². The molecule has 1 N–H and O–H groups in total. The molecule has 1 heterocycles. The number of hydrogen-bond acceptors (Lipinski definition) is 4. The zero-order valence-corrected chi connectivity index (χ0v) is 14.8. The molecule has 20 heavy (non-hydrogen) atoms. The summed E-state index contributed by atoms with van der Waals surface area (Å²) in [5.41, 5.74) is 1.30. The fraction of sp³-hybridized carbons (Fsp3) is 0.812. The predicted octanol–water partition coefficient (Wildman–Crippen LogP) is 4.44. The molecule has 1 rings (SSSR count). The van der Waals surface area contributed by atoms with Crippen molar-refractivity contribution in [3.63, 3.8) is 0 Å². The van der Waals surface area contributed by atoms with Crippen molar-refractivity contribution < 1.29 is 0 Å². The highest BCUT2D eigenvalue weighted by atomic mass is 32.1. The number of hydrogen-bond donors (Lipinski definition) is 1. The molecule has 0 bridgehead atoms. The number of unbranched alkanes of at least 4 members (excludes halogenated alkanes) is 1. The first-order valence-electron chi connectivity index (χ1n) is 7.83. The maximum absolute atomic E-state index is 4.82. The van der Waals surface area contributed by atoms with Gasteiger partial charge in [0, 0.05) is 30.1 Å². The molecule has 0 spiro atoms. The Balaban J connectivity index is 2.70. The number of anilines is 1. The third-order valence-corrected chi connectivity index (χ3v) is 4.39. The van der Waals surface area contributed by atoms with Crippen LogP contribution in [-0.2, 0) is 6.54 Å². The molecular weight excluding hydrogens is 266 g/mol. The second kappa shape index (κ2) is 7.99. The van der Waals surface area contributed by atoms with E-state index >= 15 is 0 Å². The lowest BCUT2D eigenvalue weighted by Crippen LogP contribution is -2.35. The van der Waals surface area contributed by atoms with Gasteiger partial charge in [-0.05, 0) is 40.5 Å². The minimum Gasteiger partial charge on any atom is -0.345 e. The van der Waals surface area contributed by atoms with Gasteiger partial charge in [-0.1, -0.05) is 20.3 Å². The third kappa shape index (κ3) is 5.80. The van der Waals surface area contributed by atoms with Crippen LogP contribution in [0.1, 0.15) is 66.5 Å². The van der Waals surface area contributed by atoms with Gasteiger partial charge in [-0.25, -0.2) is 4.98 Å². The Hall–Kier alpha value is -0.610. The Kier molecular flexibility index (Phi) is 6.96. The van der Waals surface area contributed by atoms with Gasteiger partial charge in [0.1, 0.15) is 0 Å². The molecular formula is C16H31N3S. The Morgan fingerprint density at radius 1 is 1.35 bits per heavy atom. The SMILES string of the molecule is CCCCN(c1nc(CNC(C)(C)C)cs1)C(C)CC. The zero-order chi connectivity index (χ0) is 15.2. The maximum Gasteiger partial charge on any atom is 0.185 e. The van der Waals surface area contributed by atoms with E-state index in [1.807, 2.05) is 0 Å². The van der Waals surface area contributed by atoms with E-state index in [0.717, 1.165) is 18.8 Å². The number of thiazole rings is 1. The summed E-state index contributed by atoms with van der Waals surface area (Å²) in [5, 5.41) is 6.87. The Bertz CT molecular complexity index is 381. The molecule has 4 heteroatoms. The first-order valence-corrected chi connectivity index (χ1v) is 8.71. The highest BCUT2D eigenvalue weighted by molar-refractivity contribution is 7.13. The zero-order valence-electron chi connectivity index (χ0n) is 14.0. The van der Waals surface area contributed by atoms with Crippen LogP contribution in [0.15, 0.2) is 5.38 Å². The molecule has 0 fully saturated rings. The molecule has 1 aromatic heterocycles. The van der Waals surface area contributed by atoms with E-state index in [4.69, 9.17) is 4.98 Å². The van der Waals surface area contributed by atoms with Crippen LogP contribution in [0.5, 0.6) is 0 Å². The van der Waals surface area contributed by atoms with E-state index in [9.17, 15) is 0 Å². The quantitative estimate of drug-likeness (QED) is 0.769. The number of aromatic nitrogens is 1. The van der Waals surface area contributed by atoms with Crippen molar-refractivity contribution >= 4 is 16.5 Å². The molecule has 0 radical (unpaired) electrons. The van der Waals surface area contributed by atoms with Crippen LogP contribution in [-0.4, -0.2) is 23.1 Å². The molecule has 1 unspecified atom stereocenters. The van der Waals surface area contributed by atoms with Crippen LogP contribution in [0.2, 0.25) is 0 Å². The molecule has 0 aromatic carbocycles. The van der Waals surface area contributed by atoms with Crippen molar-refractivity contribution in [2.75, 3.05) is 11.4 Å². The van der Waals surface area contributed by atoms with Gasteiger partial charge in [0.05, 0.1) is 5.69 Å². The molecule has 0 saturated heterocycles. The van der Waals surface area contributed by atoms with Gasteiger partial charge in [0.25, 0.3) is 0 Å². The lowest BCUT2D eigenvalue weighted by Gasteiger charge is -2.28. The normalized spacial score (nSPS) is 13.5. The highest BCUT2D eigenvalue weighted by Crippen LogP contribution is 2.24. The molecule has 1 atom stereocenters. The predicted molar refractivity (Wildman–Crippen MR) is 90.7 cm³/mol. The molecule has 0 saturated carbocycles. The van der Waals surface area contributed by atoms with Gasteiger partial charge in [0.2, 0.25) is 0 Å². The summed E-state index contributed by atoms with van der Waals surface area (Å²) < 4.78 is 0. The van der Waals surface area contributed by atoms with E-state index < -0.39 is 0 Å². The Labute approximate surface area is 128 Å². The van der Waals surface area contributed by atoms with Gasteiger partial charge in [-0.15, -0.1) is 11.3 Å². The smallest absolute Gasteiger partial charge is 0.185 e. The average molecular weight is 298 g/mol. The molecule has 0 aliphatic heterocycles. The van der Waals surface area contributed by atoms with Crippen molar-refractivity contribution in [2.24, 2.45) is 0 Å². The summed E-state index contributed by atoms with van der Waals surface area (Å²) in [6.45, 7) is 15.3. The standard InChI is InChI=1S/C16H31N3S/c1-7-9-10-19(13(3)8-2)15-18-14(12-20-15)11-17-16(4,5)6/h12-13,17H,7-11H2,1-6H3. The lowest BCUT2D eigenvalue weighted by molar-refractivity contribution is 0.421. The lowest BCUT2D eigenvalue weighted by atomic mass is 10.1. The molecule has 116 valence electrons. The van der Waals surface area contributed by atoms with E-state index in [2.05, 4.69) is 57.1 Å². The molecule has 1 aromatic rings. The first-order chi connectivity index (χ1) is 9.37. The van der Waals surface area contributed by atoms with Crippen molar-refractivity contribution in [2.45, 2.75) is 78.9 Å². The minimum absolute atomic E-state index is 0.141. The van der Waals surface area contributed by atoms with E-state index in [0.29, 0.717) is 6.04 Å². The second-order valence-electron chi connectivity index (χ2n) is 6.53. The van der Waals surface area contributed by atoms with Crippen LogP contribution in [0, 0.1) is 0 Å². The number of nitrogens with zero attached hydrogens (tertiary/aromatic N) is 2. The van der Waals surface area contributed by atoms with Gasteiger partial charge in [-0.3, -0.25) is 0 Å². The highest BCUT2D eigenvalue weighted by Gasteiger charge is 2.17. The average Bonchev–Trinajstić information content (AvgIpc) is 2.84. The molecule has 3 nitrogen and oxygen atoms in total. The maximum atomic E-state index is 4.82. The van der Waals surface area contributed by atoms with E-state index in [1.54, 1.807) is 11.3 Å². The van der Waals surface area contributed by atoms with E-state index in [-0.39, 0.29) is 5.54 Å². The first kappa shape index (κ1) is 17.4. The van der Waals surface area contributed by atoms with Gasteiger partial charge < -0.3 is 10.2 Å². The minimum atomic E-state index is 0.141. The fourth-order valence-electron chi connectivity index (χ4n) is 1.92. The van der Waals surface area contributed by atoms with Crippen LogP contribution in [0.3, 0.4) is 0 Å². The molecule has 0 aliphatic carbocycles. The van der Waals surface area contributed by atoms with Crippen LogP contribution in [0.4, 0.5) is 5.13 Å². The van der Waals surface area contributed by atoms with Crippen molar-refractivity contribution in [1.82, 2.24) is 10.3 Å². The summed E-state index contributed by atoms with van der Waals surface area (Å²) in [6.07, 6.45) is 3.63. The summed E-state index contributed by atoms with van der Waals surface area (Å²) >= 11 is 1.78. The third-order valence-electron chi connectivity index (χ3n) is 3.46. The summed E-state index contributed by atoms with van der Waals surface area (Å²) in [6, 6.07) is 0.566.